The minimum absolute atomic E-state index is 0.643. The van der Waals surface area contributed by atoms with Crippen LogP contribution in [0, 0.1) is 0 Å². The molecule has 5 heteroatoms. The lowest BCUT2D eigenvalue weighted by atomic mass is 10.2. The van der Waals surface area contributed by atoms with Crippen LogP contribution in [0.1, 0.15) is 12.2 Å². The third-order valence-corrected chi connectivity index (χ3v) is 5.17. The van der Waals surface area contributed by atoms with E-state index in [0.29, 0.717) is 6.04 Å². The molecule has 25 heavy (non-hydrogen) atoms. The highest BCUT2D eigenvalue weighted by atomic mass is 16.3. The molecule has 0 radical (unpaired) electrons. The molecule has 0 aliphatic carbocycles. The molecule has 1 saturated heterocycles. The van der Waals surface area contributed by atoms with Crippen LogP contribution in [0.25, 0.3) is 11.0 Å². The summed E-state index contributed by atoms with van der Waals surface area (Å²) in [4.78, 5) is 9.39. The summed E-state index contributed by atoms with van der Waals surface area (Å²) >= 11 is 0. The fraction of sp³-hybridized carbons (Fsp3) is 0.450. The highest BCUT2D eigenvalue weighted by molar-refractivity contribution is 5.80. The third kappa shape index (κ3) is 3.56. The Morgan fingerprint density at radius 3 is 2.92 bits per heavy atom. The lowest BCUT2D eigenvalue weighted by molar-refractivity contribution is 0.259. The second-order valence-electron chi connectivity index (χ2n) is 6.79. The fourth-order valence-corrected chi connectivity index (χ4v) is 3.81. The van der Waals surface area contributed by atoms with Gasteiger partial charge in [0.05, 0.1) is 0 Å². The minimum Gasteiger partial charge on any atom is -0.461 e. The highest BCUT2D eigenvalue weighted by Gasteiger charge is 2.29. The van der Waals surface area contributed by atoms with Gasteiger partial charge in [0.2, 0.25) is 0 Å². The smallest absolute Gasteiger partial charge is 0.193 e. The molecule has 0 spiro atoms. The van der Waals surface area contributed by atoms with Crippen molar-refractivity contribution in [2.45, 2.75) is 18.9 Å². The Morgan fingerprint density at radius 1 is 1.28 bits per heavy atom. The third-order valence-electron chi connectivity index (χ3n) is 5.17. The average molecular weight is 338 g/mol. The van der Waals surface area contributed by atoms with E-state index in [1.165, 1.54) is 11.8 Å². The topological polar surface area (TPSA) is 44.0 Å². The quantitative estimate of drug-likeness (QED) is 0.528. The van der Waals surface area contributed by atoms with E-state index in [0.717, 1.165) is 56.4 Å². The summed E-state index contributed by atoms with van der Waals surface area (Å²) in [6, 6.07) is 10.9. The zero-order valence-electron chi connectivity index (χ0n) is 14.8. The van der Waals surface area contributed by atoms with Crippen molar-refractivity contribution in [2.75, 3.05) is 39.8 Å². The predicted molar refractivity (Wildman–Crippen MR) is 102 cm³/mol. The summed E-state index contributed by atoms with van der Waals surface area (Å²) in [6.45, 7) is 5.16. The van der Waals surface area contributed by atoms with Crippen LogP contribution in [0.5, 0.6) is 0 Å². The van der Waals surface area contributed by atoms with Crippen molar-refractivity contribution in [1.82, 2.24) is 15.1 Å². The molecule has 1 atom stereocenters. The van der Waals surface area contributed by atoms with E-state index < -0.39 is 0 Å². The molecule has 4 rings (SSSR count). The van der Waals surface area contributed by atoms with Crippen LogP contribution in [-0.4, -0.2) is 61.6 Å². The normalized spacial score (nSPS) is 21.6. The second kappa shape index (κ2) is 7.31. The molecule has 2 aliphatic rings. The molecule has 0 amide bonds. The number of benzene rings is 1. The molecule has 1 N–H and O–H groups in total. The number of fused-ring (bicyclic) bond motifs is 1. The van der Waals surface area contributed by atoms with E-state index in [1.807, 2.05) is 25.2 Å². The van der Waals surface area contributed by atoms with Gasteiger partial charge in [-0.3, -0.25) is 9.89 Å². The van der Waals surface area contributed by atoms with E-state index in [2.05, 4.69) is 44.4 Å². The Hall–Kier alpha value is -2.27. The molecular weight excluding hydrogens is 312 g/mol. The molecule has 132 valence electrons. The van der Waals surface area contributed by atoms with Crippen molar-refractivity contribution < 1.29 is 4.42 Å². The number of para-hydroxylation sites is 1. The Kier molecular flexibility index (Phi) is 4.74. The van der Waals surface area contributed by atoms with Gasteiger partial charge in [-0.1, -0.05) is 30.4 Å². The Morgan fingerprint density at radius 2 is 2.12 bits per heavy atom. The van der Waals surface area contributed by atoms with E-state index in [-0.39, 0.29) is 0 Å². The molecular formula is C20H26N4O. The average Bonchev–Trinajstić information content (AvgIpc) is 3.38. The minimum atomic E-state index is 0.643. The van der Waals surface area contributed by atoms with E-state index in [1.54, 1.807) is 0 Å². The molecule has 0 saturated carbocycles. The highest BCUT2D eigenvalue weighted by Crippen LogP contribution is 2.19. The first-order valence-corrected chi connectivity index (χ1v) is 9.15. The predicted octanol–water partition coefficient (Wildman–Crippen LogP) is 2.50. The molecule has 1 aromatic carbocycles. The van der Waals surface area contributed by atoms with Gasteiger partial charge >= 0.3 is 0 Å². The van der Waals surface area contributed by atoms with Crippen molar-refractivity contribution in [2.24, 2.45) is 4.99 Å². The van der Waals surface area contributed by atoms with Crippen LogP contribution in [-0.2, 0) is 6.42 Å². The Bertz CT molecular complexity index is 738. The molecule has 5 nitrogen and oxygen atoms in total. The van der Waals surface area contributed by atoms with E-state index >= 15 is 0 Å². The van der Waals surface area contributed by atoms with Crippen molar-refractivity contribution in [3.05, 3.63) is 48.2 Å². The molecule has 1 aromatic heterocycles. The van der Waals surface area contributed by atoms with Gasteiger partial charge in [0.15, 0.2) is 5.96 Å². The van der Waals surface area contributed by atoms with Crippen LogP contribution in [0.4, 0.5) is 0 Å². The van der Waals surface area contributed by atoms with Gasteiger partial charge in [-0.05, 0) is 18.6 Å². The maximum Gasteiger partial charge on any atom is 0.193 e. The number of likely N-dealkylation sites (tertiary alicyclic amines) is 1. The van der Waals surface area contributed by atoms with Crippen molar-refractivity contribution in [3.63, 3.8) is 0 Å². The van der Waals surface area contributed by atoms with Gasteiger partial charge < -0.3 is 14.6 Å². The zero-order valence-corrected chi connectivity index (χ0v) is 14.8. The second-order valence-corrected chi connectivity index (χ2v) is 6.79. The number of rotatable bonds is 4. The van der Waals surface area contributed by atoms with E-state index in [9.17, 15) is 0 Å². The molecule has 1 fully saturated rings. The summed E-state index contributed by atoms with van der Waals surface area (Å²) in [5.41, 5.74) is 0.962. The maximum atomic E-state index is 5.89. The van der Waals surface area contributed by atoms with Gasteiger partial charge in [-0.2, -0.15) is 0 Å². The van der Waals surface area contributed by atoms with Crippen molar-refractivity contribution >= 4 is 16.9 Å². The monoisotopic (exact) mass is 338 g/mol. The Balaban J connectivity index is 1.29. The number of hydrogen-bond donors (Lipinski definition) is 1. The number of guanidine groups is 1. The van der Waals surface area contributed by atoms with Crippen LogP contribution in [0.3, 0.4) is 0 Å². The molecule has 2 aromatic rings. The standard InChI is InChI=1S/C20H26N4O/c1-21-20(24-13-9-17(15-24)23-11-4-5-12-23)22-10-8-18-14-16-6-2-3-7-19(16)25-18/h2-7,14,17H,8-13,15H2,1H3,(H,21,22). The summed E-state index contributed by atoms with van der Waals surface area (Å²) < 4.78 is 5.89. The fourth-order valence-electron chi connectivity index (χ4n) is 3.81. The first-order valence-electron chi connectivity index (χ1n) is 9.15. The van der Waals surface area contributed by atoms with Gasteiger partial charge in [0.25, 0.3) is 0 Å². The lowest BCUT2D eigenvalue weighted by Crippen LogP contribution is -2.43. The summed E-state index contributed by atoms with van der Waals surface area (Å²) in [5, 5.41) is 4.67. The van der Waals surface area contributed by atoms with Crippen LogP contribution in [0.2, 0.25) is 0 Å². The molecule has 2 aliphatic heterocycles. The van der Waals surface area contributed by atoms with Gasteiger partial charge in [0, 0.05) is 57.6 Å². The zero-order chi connectivity index (χ0) is 17.1. The first-order chi connectivity index (χ1) is 12.3. The molecule has 3 heterocycles. The SMILES string of the molecule is CN=C(NCCc1cc2ccccc2o1)N1CCC(N2CC=CC2)C1. The van der Waals surface area contributed by atoms with Crippen LogP contribution < -0.4 is 5.32 Å². The lowest BCUT2D eigenvalue weighted by Gasteiger charge is -2.25. The number of nitrogens with one attached hydrogen (secondary N) is 1. The van der Waals surface area contributed by atoms with Gasteiger partial charge in [-0.15, -0.1) is 0 Å². The van der Waals surface area contributed by atoms with Crippen LogP contribution >= 0.6 is 0 Å². The molecule has 0 bridgehead atoms. The molecule has 1 unspecified atom stereocenters. The van der Waals surface area contributed by atoms with Gasteiger partial charge in [-0.25, -0.2) is 0 Å². The number of aliphatic imine (C=N–C) groups is 1. The first kappa shape index (κ1) is 16.2. The number of nitrogens with zero attached hydrogens (tertiary/aromatic N) is 3. The number of furan rings is 1. The summed E-state index contributed by atoms with van der Waals surface area (Å²) in [7, 11) is 1.87. The number of hydrogen-bond acceptors (Lipinski definition) is 3. The van der Waals surface area contributed by atoms with E-state index in [4.69, 9.17) is 4.42 Å². The Labute approximate surface area is 149 Å². The van der Waals surface area contributed by atoms with Crippen LogP contribution in [0.15, 0.2) is 51.9 Å². The van der Waals surface area contributed by atoms with Crippen molar-refractivity contribution in [3.8, 4) is 0 Å². The van der Waals surface area contributed by atoms with Gasteiger partial charge in [0.1, 0.15) is 11.3 Å². The maximum absolute atomic E-state index is 5.89. The largest absolute Gasteiger partial charge is 0.461 e. The van der Waals surface area contributed by atoms with Crippen molar-refractivity contribution in [1.29, 1.82) is 0 Å². The summed E-state index contributed by atoms with van der Waals surface area (Å²) in [6.07, 6.45) is 6.61. The summed E-state index contributed by atoms with van der Waals surface area (Å²) in [5.74, 6) is 2.03.